The van der Waals surface area contributed by atoms with Crippen molar-refractivity contribution in [2.75, 3.05) is 13.2 Å². The molecule has 4 nitrogen and oxygen atoms in total. The number of hydrogen-bond acceptors (Lipinski definition) is 2. The minimum atomic E-state index is 0.000278. The molecular weight excluding hydrogens is 154 g/mol. The Morgan fingerprint density at radius 3 is 2.50 bits per heavy atom. The summed E-state index contributed by atoms with van der Waals surface area (Å²) in [5, 5.41) is 11.9. The van der Waals surface area contributed by atoms with E-state index >= 15 is 0 Å². The molecule has 0 amide bonds. The van der Waals surface area contributed by atoms with E-state index in [9.17, 15) is 0 Å². The highest BCUT2D eigenvalue weighted by molar-refractivity contribution is 5.78. The normalized spacial score (nSPS) is 14.9. The monoisotopic (exact) mass is 173 g/mol. The number of nitrogens with two attached hydrogens (primary N) is 1. The second-order valence-corrected chi connectivity index (χ2v) is 3.04. The van der Waals surface area contributed by atoms with Crippen LogP contribution in [0.1, 0.15) is 20.8 Å². The number of nitrogens with one attached hydrogen (secondary N) is 1. The molecule has 0 aliphatic carbocycles. The van der Waals surface area contributed by atoms with Crippen molar-refractivity contribution in [1.29, 1.82) is 0 Å². The van der Waals surface area contributed by atoms with Crippen molar-refractivity contribution in [1.82, 2.24) is 5.32 Å². The zero-order valence-electron chi connectivity index (χ0n) is 8.04. The van der Waals surface area contributed by atoms with Gasteiger partial charge in [-0.3, -0.25) is 4.99 Å². The first-order valence-corrected chi connectivity index (χ1v) is 4.29. The Bertz CT molecular complexity index is 145. The molecule has 0 aromatic rings. The van der Waals surface area contributed by atoms with Crippen molar-refractivity contribution < 1.29 is 5.11 Å². The lowest BCUT2D eigenvalue weighted by molar-refractivity contribution is 0.226. The van der Waals surface area contributed by atoms with E-state index in [4.69, 9.17) is 10.8 Å². The van der Waals surface area contributed by atoms with E-state index in [1.165, 1.54) is 0 Å². The third-order valence-corrected chi connectivity index (χ3v) is 1.66. The Balaban J connectivity index is 3.93. The fourth-order valence-electron chi connectivity index (χ4n) is 0.829. The molecule has 0 aliphatic heterocycles. The maximum Gasteiger partial charge on any atom is 0.188 e. The van der Waals surface area contributed by atoms with Crippen molar-refractivity contribution in [2.24, 2.45) is 16.6 Å². The molecule has 0 rings (SSSR count). The van der Waals surface area contributed by atoms with Gasteiger partial charge in [0.25, 0.3) is 0 Å². The first-order chi connectivity index (χ1) is 5.61. The van der Waals surface area contributed by atoms with Crippen LogP contribution in [-0.2, 0) is 0 Å². The second kappa shape index (κ2) is 5.83. The van der Waals surface area contributed by atoms with Gasteiger partial charge in [-0.25, -0.2) is 0 Å². The van der Waals surface area contributed by atoms with Gasteiger partial charge in [0.15, 0.2) is 5.96 Å². The van der Waals surface area contributed by atoms with Crippen LogP contribution in [0.15, 0.2) is 4.99 Å². The van der Waals surface area contributed by atoms with Gasteiger partial charge in [-0.2, -0.15) is 0 Å². The zero-order valence-corrected chi connectivity index (χ0v) is 8.04. The molecule has 0 bridgehead atoms. The molecule has 0 saturated carbocycles. The van der Waals surface area contributed by atoms with Gasteiger partial charge < -0.3 is 16.2 Å². The molecule has 0 spiro atoms. The van der Waals surface area contributed by atoms with Crippen molar-refractivity contribution in [3.05, 3.63) is 0 Å². The third-order valence-electron chi connectivity index (χ3n) is 1.66. The molecule has 4 heteroatoms. The van der Waals surface area contributed by atoms with Crippen LogP contribution in [0, 0.1) is 5.92 Å². The standard InChI is InChI=1S/C8H19N3O/c1-4-10-8(9)11-7(5-12)6(2)3/h6-7,12H,4-5H2,1-3H3,(H3,9,10,11)/t7-/m1/s1. The molecule has 0 aromatic heterocycles. The minimum Gasteiger partial charge on any atom is -0.394 e. The molecule has 0 fully saturated rings. The van der Waals surface area contributed by atoms with Gasteiger partial charge in [0.05, 0.1) is 12.6 Å². The molecule has 0 radical (unpaired) electrons. The largest absolute Gasteiger partial charge is 0.394 e. The number of rotatable bonds is 4. The second-order valence-electron chi connectivity index (χ2n) is 3.04. The van der Waals surface area contributed by atoms with E-state index in [1.807, 2.05) is 20.8 Å². The minimum absolute atomic E-state index is 0.000278. The van der Waals surface area contributed by atoms with Gasteiger partial charge >= 0.3 is 0 Å². The zero-order chi connectivity index (χ0) is 9.56. The molecule has 0 saturated heterocycles. The number of guanidine groups is 1. The number of nitrogens with zero attached hydrogens (tertiary/aromatic N) is 1. The predicted molar refractivity (Wildman–Crippen MR) is 51.0 cm³/mol. The van der Waals surface area contributed by atoms with Crippen LogP contribution >= 0.6 is 0 Å². The Hall–Kier alpha value is -0.770. The van der Waals surface area contributed by atoms with Crippen molar-refractivity contribution in [3.63, 3.8) is 0 Å². The van der Waals surface area contributed by atoms with Gasteiger partial charge in [-0.1, -0.05) is 13.8 Å². The van der Waals surface area contributed by atoms with Crippen LogP contribution < -0.4 is 11.1 Å². The summed E-state index contributed by atoms with van der Waals surface area (Å²) >= 11 is 0. The van der Waals surface area contributed by atoms with E-state index in [2.05, 4.69) is 10.3 Å². The fraction of sp³-hybridized carbons (Fsp3) is 0.875. The quantitative estimate of drug-likeness (QED) is 0.411. The van der Waals surface area contributed by atoms with Crippen LogP contribution in [0.4, 0.5) is 0 Å². The van der Waals surface area contributed by atoms with Gasteiger partial charge in [0.1, 0.15) is 0 Å². The van der Waals surface area contributed by atoms with E-state index in [0.717, 1.165) is 0 Å². The molecule has 72 valence electrons. The number of hydrogen-bond donors (Lipinski definition) is 3. The Kier molecular flexibility index (Phi) is 5.45. The summed E-state index contributed by atoms with van der Waals surface area (Å²) in [6.07, 6.45) is 0. The Morgan fingerprint density at radius 2 is 2.17 bits per heavy atom. The lowest BCUT2D eigenvalue weighted by atomic mass is 10.1. The lowest BCUT2D eigenvalue weighted by Crippen LogP contribution is -2.45. The lowest BCUT2D eigenvalue weighted by Gasteiger charge is -2.20. The SMILES string of the molecule is CCN=C(N)N[C@H](CO)C(C)C. The van der Waals surface area contributed by atoms with Crippen molar-refractivity contribution in [3.8, 4) is 0 Å². The molecule has 0 aromatic carbocycles. The molecule has 12 heavy (non-hydrogen) atoms. The number of aliphatic hydroxyl groups excluding tert-OH is 1. The highest BCUT2D eigenvalue weighted by Gasteiger charge is 2.11. The van der Waals surface area contributed by atoms with Crippen LogP contribution in [0.5, 0.6) is 0 Å². The van der Waals surface area contributed by atoms with Gasteiger partial charge in [-0.15, -0.1) is 0 Å². The first kappa shape index (κ1) is 11.2. The fourth-order valence-corrected chi connectivity index (χ4v) is 0.829. The average molecular weight is 173 g/mol. The van der Waals surface area contributed by atoms with E-state index < -0.39 is 0 Å². The highest BCUT2D eigenvalue weighted by atomic mass is 16.3. The third kappa shape index (κ3) is 4.18. The maximum absolute atomic E-state index is 8.94. The molecule has 0 heterocycles. The summed E-state index contributed by atoms with van der Waals surface area (Å²) in [5.74, 6) is 0.755. The van der Waals surface area contributed by atoms with Gasteiger partial charge in [-0.05, 0) is 12.8 Å². The predicted octanol–water partition coefficient (Wildman–Crippen LogP) is -0.0725. The topological polar surface area (TPSA) is 70.6 Å². The molecule has 4 N–H and O–H groups in total. The molecule has 0 aliphatic rings. The van der Waals surface area contributed by atoms with Crippen LogP contribution in [0.2, 0.25) is 0 Å². The summed E-state index contributed by atoms with van der Waals surface area (Å²) in [5.41, 5.74) is 5.53. The van der Waals surface area contributed by atoms with E-state index in [1.54, 1.807) is 0 Å². The molecule has 1 atom stereocenters. The number of aliphatic hydroxyl groups is 1. The maximum atomic E-state index is 8.94. The van der Waals surface area contributed by atoms with Crippen LogP contribution in [0.3, 0.4) is 0 Å². The molecular formula is C8H19N3O. The summed E-state index contributed by atoms with van der Waals surface area (Å²) in [7, 11) is 0. The van der Waals surface area contributed by atoms with E-state index in [-0.39, 0.29) is 12.6 Å². The summed E-state index contributed by atoms with van der Waals surface area (Å²) < 4.78 is 0. The first-order valence-electron chi connectivity index (χ1n) is 4.29. The highest BCUT2D eigenvalue weighted by Crippen LogP contribution is 1.99. The summed E-state index contributed by atoms with van der Waals surface area (Å²) in [4.78, 5) is 3.97. The molecule has 0 unspecified atom stereocenters. The van der Waals surface area contributed by atoms with Crippen molar-refractivity contribution in [2.45, 2.75) is 26.8 Å². The smallest absolute Gasteiger partial charge is 0.188 e. The van der Waals surface area contributed by atoms with Gasteiger partial charge in [0, 0.05) is 6.54 Å². The van der Waals surface area contributed by atoms with Crippen LogP contribution in [0.25, 0.3) is 0 Å². The summed E-state index contributed by atoms with van der Waals surface area (Å²) in [6, 6.07) is 0.000278. The Labute approximate surface area is 73.9 Å². The van der Waals surface area contributed by atoms with E-state index in [0.29, 0.717) is 18.4 Å². The Morgan fingerprint density at radius 1 is 1.58 bits per heavy atom. The van der Waals surface area contributed by atoms with Crippen LogP contribution in [-0.4, -0.2) is 30.3 Å². The van der Waals surface area contributed by atoms with Gasteiger partial charge in [0.2, 0.25) is 0 Å². The number of aliphatic imine (C=N–C) groups is 1. The van der Waals surface area contributed by atoms with Crippen molar-refractivity contribution >= 4 is 5.96 Å². The summed E-state index contributed by atoms with van der Waals surface area (Å²) in [6.45, 7) is 6.70. The average Bonchev–Trinajstić information content (AvgIpc) is 2.00.